The highest BCUT2D eigenvalue weighted by Gasteiger charge is 2.49. The molecule has 3 saturated heterocycles. The number of nitrogens with zero attached hydrogens (tertiary/aromatic N) is 2. The number of piperidine rings is 3. The average molecular weight is 472 g/mol. The van der Waals surface area contributed by atoms with Gasteiger partial charge in [-0.05, 0) is 36.4 Å². The predicted molar refractivity (Wildman–Crippen MR) is 132 cm³/mol. The van der Waals surface area contributed by atoms with Gasteiger partial charge >= 0.3 is 5.97 Å². The van der Waals surface area contributed by atoms with Crippen LogP contribution in [0.2, 0.25) is 0 Å². The molecule has 1 unspecified atom stereocenters. The van der Waals surface area contributed by atoms with Crippen LogP contribution in [0.15, 0.2) is 88.7 Å². The van der Waals surface area contributed by atoms with Crippen LogP contribution in [0.5, 0.6) is 0 Å². The second kappa shape index (κ2) is 8.60. The third-order valence-corrected chi connectivity index (χ3v) is 8.59. The Morgan fingerprint density at radius 1 is 0.853 bits per heavy atom. The molecule has 1 atom stereocenters. The third kappa shape index (κ3) is 3.81. The monoisotopic (exact) mass is 471 g/mol. The molecule has 0 aliphatic carbocycles. The number of ether oxygens (including phenoxy) is 1. The highest BCUT2D eigenvalue weighted by molar-refractivity contribution is 7.99. The smallest absolute Gasteiger partial charge is 0.338 e. The summed E-state index contributed by atoms with van der Waals surface area (Å²) in [7, 11) is 0. The number of para-hydroxylation sites is 2. The number of anilines is 2. The maximum absolute atomic E-state index is 13.9. The zero-order valence-corrected chi connectivity index (χ0v) is 19.7. The first-order valence-corrected chi connectivity index (χ1v) is 12.7. The normalized spacial score (nSPS) is 24.8. The lowest BCUT2D eigenvalue weighted by atomic mass is 9.83. The molecule has 0 spiro atoms. The fourth-order valence-corrected chi connectivity index (χ4v) is 6.75. The van der Waals surface area contributed by atoms with Crippen LogP contribution in [0.1, 0.15) is 23.2 Å². The van der Waals surface area contributed by atoms with Crippen molar-refractivity contribution in [3.8, 4) is 0 Å². The first kappa shape index (κ1) is 21.4. The van der Waals surface area contributed by atoms with Gasteiger partial charge in [0.25, 0.3) is 5.91 Å². The van der Waals surface area contributed by atoms with Gasteiger partial charge in [0, 0.05) is 28.6 Å². The Labute approximate surface area is 203 Å². The lowest BCUT2D eigenvalue weighted by Crippen LogP contribution is -2.66. The van der Waals surface area contributed by atoms with Gasteiger partial charge in [-0.2, -0.15) is 0 Å². The lowest BCUT2D eigenvalue weighted by molar-refractivity contribution is -0.939. The van der Waals surface area contributed by atoms with Crippen molar-refractivity contribution in [1.82, 2.24) is 0 Å². The largest absolute Gasteiger partial charge is 0.452 e. The molecular weight excluding hydrogens is 444 g/mol. The summed E-state index contributed by atoms with van der Waals surface area (Å²) in [5.74, 6) is 0.226. The molecule has 4 aliphatic rings. The molecule has 4 heterocycles. The SMILES string of the molecule is O=C(OC1C[N+]2(CC(=O)N3c4ccccc4Sc4ccccc43)CCC1CC2)c1ccccc1. The summed E-state index contributed by atoms with van der Waals surface area (Å²) < 4.78 is 6.68. The highest BCUT2D eigenvalue weighted by Crippen LogP contribution is 2.48. The van der Waals surface area contributed by atoms with E-state index in [1.807, 2.05) is 59.5 Å². The first-order chi connectivity index (χ1) is 16.6. The fourth-order valence-electron chi connectivity index (χ4n) is 5.69. The number of hydrogen-bond donors (Lipinski definition) is 0. The van der Waals surface area contributed by atoms with E-state index in [0.717, 1.165) is 47.1 Å². The van der Waals surface area contributed by atoms with E-state index >= 15 is 0 Å². The molecule has 5 nitrogen and oxygen atoms in total. The molecule has 0 aromatic heterocycles. The summed E-state index contributed by atoms with van der Waals surface area (Å²) in [5.41, 5.74) is 2.49. The first-order valence-electron chi connectivity index (χ1n) is 11.9. The molecule has 1 amide bonds. The molecule has 3 aromatic carbocycles. The van der Waals surface area contributed by atoms with Crippen LogP contribution >= 0.6 is 11.8 Å². The number of esters is 1. The van der Waals surface area contributed by atoms with Crippen molar-refractivity contribution >= 4 is 35.0 Å². The maximum Gasteiger partial charge on any atom is 0.338 e. The Balaban J connectivity index is 1.24. The van der Waals surface area contributed by atoms with Crippen molar-refractivity contribution in [2.24, 2.45) is 5.92 Å². The number of rotatable bonds is 4. The van der Waals surface area contributed by atoms with Crippen molar-refractivity contribution in [3.05, 3.63) is 84.4 Å². The quantitative estimate of drug-likeness (QED) is 0.384. The maximum atomic E-state index is 13.9. The van der Waals surface area contributed by atoms with Gasteiger partial charge in [-0.1, -0.05) is 54.2 Å². The van der Waals surface area contributed by atoms with E-state index in [9.17, 15) is 9.59 Å². The molecule has 6 heteroatoms. The van der Waals surface area contributed by atoms with E-state index in [0.29, 0.717) is 29.1 Å². The molecule has 0 saturated carbocycles. The highest BCUT2D eigenvalue weighted by atomic mass is 32.2. The summed E-state index contributed by atoms with van der Waals surface area (Å²) in [6.45, 7) is 3.05. The van der Waals surface area contributed by atoms with E-state index in [2.05, 4.69) is 12.1 Å². The lowest BCUT2D eigenvalue weighted by Gasteiger charge is -2.52. The van der Waals surface area contributed by atoms with Gasteiger partial charge in [-0.3, -0.25) is 9.69 Å². The number of quaternary nitrogens is 1. The van der Waals surface area contributed by atoms with Crippen molar-refractivity contribution in [3.63, 3.8) is 0 Å². The van der Waals surface area contributed by atoms with Crippen molar-refractivity contribution in [1.29, 1.82) is 0 Å². The summed E-state index contributed by atoms with van der Waals surface area (Å²) in [6, 6.07) is 25.4. The minimum absolute atomic E-state index is 0.105. The molecule has 7 rings (SSSR count). The zero-order chi connectivity index (χ0) is 23.1. The van der Waals surface area contributed by atoms with Gasteiger partial charge in [0.1, 0.15) is 6.54 Å². The summed E-state index contributed by atoms with van der Waals surface area (Å²) in [4.78, 5) is 30.7. The minimum Gasteiger partial charge on any atom is -0.452 e. The van der Waals surface area contributed by atoms with Crippen LogP contribution in [-0.4, -0.2) is 48.6 Å². The van der Waals surface area contributed by atoms with Gasteiger partial charge in [-0.15, -0.1) is 0 Å². The Hall–Kier alpha value is -3.09. The number of benzene rings is 3. The van der Waals surface area contributed by atoms with Crippen molar-refractivity contribution in [2.45, 2.75) is 28.7 Å². The van der Waals surface area contributed by atoms with E-state index in [4.69, 9.17) is 4.74 Å². The van der Waals surface area contributed by atoms with Crippen LogP contribution in [0, 0.1) is 5.92 Å². The zero-order valence-electron chi connectivity index (χ0n) is 18.9. The van der Waals surface area contributed by atoms with E-state index in [1.165, 1.54) is 0 Å². The number of carbonyl (C=O) groups excluding carboxylic acids is 2. The van der Waals surface area contributed by atoms with Crippen LogP contribution in [0.25, 0.3) is 0 Å². The van der Waals surface area contributed by atoms with Crippen LogP contribution in [-0.2, 0) is 9.53 Å². The Bertz CT molecular complexity index is 1190. The predicted octanol–water partition coefficient (Wildman–Crippen LogP) is 5.28. The van der Waals surface area contributed by atoms with E-state index in [-0.39, 0.29) is 18.0 Å². The molecule has 0 radical (unpaired) electrons. The summed E-state index contributed by atoms with van der Waals surface area (Å²) >= 11 is 1.71. The second-order valence-corrected chi connectivity index (χ2v) is 10.6. The molecule has 2 bridgehead atoms. The molecule has 0 N–H and O–H groups in total. The van der Waals surface area contributed by atoms with Gasteiger partial charge in [0.2, 0.25) is 0 Å². The van der Waals surface area contributed by atoms with E-state index in [1.54, 1.807) is 23.9 Å². The van der Waals surface area contributed by atoms with Gasteiger partial charge in [-0.25, -0.2) is 4.79 Å². The van der Waals surface area contributed by atoms with Gasteiger partial charge < -0.3 is 9.22 Å². The van der Waals surface area contributed by atoms with Crippen molar-refractivity contribution in [2.75, 3.05) is 31.1 Å². The standard InChI is InChI=1S/C28H27N2O3S/c31-27(29-22-10-4-6-12-25(22)34-26-13-7-5-11-23(26)29)19-30-16-14-20(15-17-30)24(18-30)33-28(32)21-8-2-1-3-9-21/h1-13,20,24H,14-19H2/q+1. The van der Waals surface area contributed by atoms with Crippen LogP contribution < -0.4 is 4.90 Å². The summed E-state index contributed by atoms with van der Waals surface area (Å²) in [5, 5.41) is 0. The number of amides is 1. The molecule has 3 fully saturated rings. The molecule has 34 heavy (non-hydrogen) atoms. The van der Waals surface area contributed by atoms with Gasteiger partial charge in [0.15, 0.2) is 12.6 Å². The molecule has 172 valence electrons. The minimum atomic E-state index is -0.264. The molecule has 4 aliphatic heterocycles. The van der Waals surface area contributed by atoms with Crippen molar-refractivity contribution < 1.29 is 18.8 Å². The Kier molecular flexibility index (Phi) is 5.42. The Morgan fingerprint density at radius 2 is 1.44 bits per heavy atom. The summed E-state index contributed by atoms with van der Waals surface area (Å²) in [6.07, 6.45) is 1.84. The molecular formula is C28H27N2O3S+. The van der Waals surface area contributed by atoms with E-state index < -0.39 is 0 Å². The van der Waals surface area contributed by atoms with Crippen LogP contribution in [0.4, 0.5) is 11.4 Å². The van der Waals surface area contributed by atoms with Gasteiger partial charge in [0.05, 0.1) is 30.0 Å². The average Bonchev–Trinajstić information content (AvgIpc) is 2.88. The third-order valence-electron chi connectivity index (χ3n) is 7.46. The topological polar surface area (TPSA) is 46.6 Å². The number of hydrogen-bond acceptors (Lipinski definition) is 4. The molecule has 3 aromatic rings. The number of carbonyl (C=O) groups is 2. The van der Waals surface area contributed by atoms with Crippen LogP contribution in [0.3, 0.4) is 0 Å². The fraction of sp³-hybridized carbons (Fsp3) is 0.286. The Morgan fingerprint density at radius 3 is 2.09 bits per heavy atom. The number of fused-ring (bicyclic) bond motifs is 5. The second-order valence-electron chi connectivity index (χ2n) is 9.54.